The van der Waals surface area contributed by atoms with Gasteiger partial charge in [-0.3, -0.25) is 14.9 Å². The summed E-state index contributed by atoms with van der Waals surface area (Å²) in [6.07, 6.45) is 0.987. The molecule has 1 N–H and O–H groups in total. The van der Waals surface area contributed by atoms with Crippen LogP contribution in [0.4, 0.5) is 5.69 Å². The zero-order chi connectivity index (χ0) is 13.5. The summed E-state index contributed by atoms with van der Waals surface area (Å²) in [4.78, 5) is 21.7. The highest BCUT2D eigenvalue weighted by atomic mass is 79.9. The van der Waals surface area contributed by atoms with Crippen molar-refractivity contribution in [1.29, 1.82) is 0 Å². The van der Waals surface area contributed by atoms with Gasteiger partial charge in [0.2, 0.25) is 0 Å². The van der Waals surface area contributed by atoms with Gasteiger partial charge in [0.25, 0.3) is 11.6 Å². The van der Waals surface area contributed by atoms with Crippen LogP contribution in [-0.2, 0) is 0 Å². The van der Waals surface area contributed by atoms with Crippen molar-refractivity contribution >= 4 is 27.5 Å². The van der Waals surface area contributed by atoms with E-state index < -0.39 is 4.92 Å². The molecule has 1 amide bonds. The molecule has 0 aliphatic heterocycles. The molecule has 6 heteroatoms. The van der Waals surface area contributed by atoms with Gasteiger partial charge in [0.1, 0.15) is 0 Å². The molecule has 18 heavy (non-hydrogen) atoms. The maximum absolute atomic E-state index is 11.7. The largest absolute Gasteiger partial charge is 0.352 e. The summed E-state index contributed by atoms with van der Waals surface area (Å²) in [5, 5.41) is 14.2. The van der Waals surface area contributed by atoms with Gasteiger partial charge in [-0.05, 0) is 24.5 Å². The third-order valence-electron chi connectivity index (χ3n) is 2.55. The number of non-ortho nitro benzene ring substituents is 1. The molecule has 0 aromatic heterocycles. The monoisotopic (exact) mass is 314 g/mol. The highest BCUT2D eigenvalue weighted by molar-refractivity contribution is 9.09. The van der Waals surface area contributed by atoms with Crippen LogP contribution in [0, 0.1) is 16.0 Å². The molecule has 0 radical (unpaired) electrons. The summed E-state index contributed by atoms with van der Waals surface area (Å²) in [7, 11) is 0. The van der Waals surface area contributed by atoms with Crippen molar-refractivity contribution in [3.63, 3.8) is 0 Å². The van der Waals surface area contributed by atoms with Gasteiger partial charge in [-0.2, -0.15) is 0 Å². The van der Waals surface area contributed by atoms with Gasteiger partial charge >= 0.3 is 0 Å². The Balaban J connectivity index is 2.54. The summed E-state index contributed by atoms with van der Waals surface area (Å²) in [5.74, 6) is 0.192. The standard InChI is InChI=1S/C12H15BrN2O3/c1-9(6-7-13)8-14-12(16)10-2-4-11(5-3-10)15(17)18/h2-5,9H,6-8H2,1H3,(H,14,16). The van der Waals surface area contributed by atoms with E-state index in [1.165, 1.54) is 24.3 Å². The Morgan fingerprint density at radius 2 is 2.06 bits per heavy atom. The quantitative estimate of drug-likeness (QED) is 0.498. The summed E-state index contributed by atoms with van der Waals surface area (Å²) >= 11 is 3.35. The Morgan fingerprint density at radius 1 is 1.44 bits per heavy atom. The number of alkyl halides is 1. The van der Waals surface area contributed by atoms with Gasteiger partial charge in [0, 0.05) is 29.6 Å². The molecule has 1 atom stereocenters. The van der Waals surface area contributed by atoms with Gasteiger partial charge < -0.3 is 5.32 Å². The van der Waals surface area contributed by atoms with E-state index in [4.69, 9.17) is 0 Å². The summed E-state index contributed by atoms with van der Waals surface area (Å²) in [5.41, 5.74) is 0.422. The summed E-state index contributed by atoms with van der Waals surface area (Å²) < 4.78 is 0. The first kappa shape index (κ1) is 14.6. The van der Waals surface area contributed by atoms with Crippen molar-refractivity contribution in [3.05, 3.63) is 39.9 Å². The SMILES string of the molecule is CC(CCBr)CNC(=O)c1ccc([N+](=O)[O-])cc1. The molecule has 0 spiro atoms. The Kier molecular flexibility index (Phi) is 5.77. The van der Waals surface area contributed by atoms with Crippen LogP contribution in [0.25, 0.3) is 0 Å². The molecule has 0 saturated heterocycles. The number of nitrogens with one attached hydrogen (secondary N) is 1. The van der Waals surface area contributed by atoms with Gasteiger partial charge in [-0.15, -0.1) is 0 Å². The maximum atomic E-state index is 11.7. The smallest absolute Gasteiger partial charge is 0.269 e. The van der Waals surface area contributed by atoms with E-state index >= 15 is 0 Å². The van der Waals surface area contributed by atoms with Gasteiger partial charge in [-0.1, -0.05) is 22.9 Å². The lowest BCUT2D eigenvalue weighted by Gasteiger charge is -2.10. The van der Waals surface area contributed by atoms with E-state index in [1.807, 2.05) is 0 Å². The van der Waals surface area contributed by atoms with Crippen LogP contribution in [-0.4, -0.2) is 22.7 Å². The molecular formula is C12H15BrN2O3. The molecular weight excluding hydrogens is 300 g/mol. The fourth-order valence-corrected chi connectivity index (χ4v) is 2.17. The maximum Gasteiger partial charge on any atom is 0.269 e. The van der Waals surface area contributed by atoms with Crippen molar-refractivity contribution in [3.8, 4) is 0 Å². The van der Waals surface area contributed by atoms with Gasteiger partial charge in [0.15, 0.2) is 0 Å². The molecule has 1 rings (SSSR count). The first-order chi connectivity index (χ1) is 8.54. The second-order valence-electron chi connectivity index (χ2n) is 4.10. The lowest BCUT2D eigenvalue weighted by Crippen LogP contribution is -2.28. The van der Waals surface area contributed by atoms with Crippen LogP contribution < -0.4 is 5.32 Å². The predicted octanol–water partition coefficient (Wildman–Crippen LogP) is 2.75. The first-order valence-electron chi connectivity index (χ1n) is 5.63. The van der Waals surface area contributed by atoms with Crippen LogP contribution >= 0.6 is 15.9 Å². The van der Waals surface area contributed by atoms with Crippen molar-refractivity contribution in [2.45, 2.75) is 13.3 Å². The van der Waals surface area contributed by atoms with Crippen molar-refractivity contribution < 1.29 is 9.72 Å². The van der Waals surface area contributed by atoms with E-state index in [1.54, 1.807) is 0 Å². The molecule has 0 aliphatic carbocycles. The molecule has 0 aliphatic rings. The van der Waals surface area contributed by atoms with Crippen LogP contribution in [0.5, 0.6) is 0 Å². The average Bonchev–Trinajstić information content (AvgIpc) is 2.36. The first-order valence-corrected chi connectivity index (χ1v) is 6.75. The normalized spacial score (nSPS) is 11.9. The number of halogens is 1. The van der Waals surface area contributed by atoms with E-state index in [0.717, 1.165) is 11.8 Å². The highest BCUT2D eigenvalue weighted by Crippen LogP contribution is 2.12. The number of carbonyl (C=O) groups excluding carboxylic acids is 1. The number of hydrogen-bond donors (Lipinski definition) is 1. The third-order valence-corrected chi connectivity index (χ3v) is 3.01. The number of amides is 1. The fourth-order valence-electron chi connectivity index (χ4n) is 1.39. The average molecular weight is 315 g/mol. The van der Waals surface area contributed by atoms with E-state index in [2.05, 4.69) is 28.2 Å². The lowest BCUT2D eigenvalue weighted by atomic mass is 10.1. The Labute approximate surface area is 114 Å². The van der Waals surface area contributed by atoms with Crippen molar-refractivity contribution in [2.24, 2.45) is 5.92 Å². The Bertz CT molecular complexity index is 420. The number of hydrogen-bond acceptors (Lipinski definition) is 3. The Hall–Kier alpha value is -1.43. The molecule has 98 valence electrons. The van der Waals surface area contributed by atoms with E-state index in [9.17, 15) is 14.9 Å². The lowest BCUT2D eigenvalue weighted by molar-refractivity contribution is -0.384. The third kappa shape index (κ3) is 4.44. The van der Waals surface area contributed by atoms with Crippen molar-refractivity contribution in [2.75, 3.05) is 11.9 Å². The molecule has 0 fully saturated rings. The van der Waals surface area contributed by atoms with Crippen LogP contribution in [0.1, 0.15) is 23.7 Å². The summed E-state index contributed by atoms with van der Waals surface area (Å²) in [6, 6.07) is 5.58. The van der Waals surface area contributed by atoms with Crippen LogP contribution in [0.15, 0.2) is 24.3 Å². The second kappa shape index (κ2) is 7.10. The fraction of sp³-hybridized carbons (Fsp3) is 0.417. The predicted molar refractivity (Wildman–Crippen MR) is 73.0 cm³/mol. The summed E-state index contributed by atoms with van der Waals surface area (Å²) in [6.45, 7) is 2.65. The minimum Gasteiger partial charge on any atom is -0.352 e. The number of rotatable bonds is 6. The molecule has 0 heterocycles. The number of nitrogens with zero attached hydrogens (tertiary/aromatic N) is 1. The molecule has 1 aromatic carbocycles. The highest BCUT2D eigenvalue weighted by Gasteiger charge is 2.10. The zero-order valence-electron chi connectivity index (χ0n) is 10.1. The van der Waals surface area contributed by atoms with Gasteiger partial charge in [-0.25, -0.2) is 0 Å². The van der Waals surface area contributed by atoms with Crippen molar-refractivity contribution in [1.82, 2.24) is 5.32 Å². The second-order valence-corrected chi connectivity index (χ2v) is 4.89. The molecule has 0 saturated carbocycles. The topological polar surface area (TPSA) is 72.2 Å². The van der Waals surface area contributed by atoms with E-state index in [-0.39, 0.29) is 11.6 Å². The zero-order valence-corrected chi connectivity index (χ0v) is 11.6. The number of benzene rings is 1. The molecule has 0 bridgehead atoms. The minimum absolute atomic E-state index is 0.0146. The molecule has 1 unspecified atom stereocenters. The number of carbonyl (C=O) groups is 1. The molecule has 5 nitrogen and oxygen atoms in total. The Morgan fingerprint density at radius 3 is 2.56 bits per heavy atom. The number of nitro groups is 1. The van der Waals surface area contributed by atoms with Gasteiger partial charge in [0.05, 0.1) is 4.92 Å². The van der Waals surface area contributed by atoms with E-state index in [0.29, 0.717) is 18.0 Å². The van der Waals surface area contributed by atoms with Crippen LogP contribution in [0.2, 0.25) is 0 Å². The molecule has 1 aromatic rings. The van der Waals surface area contributed by atoms with Crippen LogP contribution in [0.3, 0.4) is 0 Å². The number of nitro benzene ring substituents is 1. The minimum atomic E-state index is -0.486.